The maximum absolute atomic E-state index is 12.3. The number of hydrogen-bond donors (Lipinski definition) is 1. The highest BCUT2D eigenvalue weighted by molar-refractivity contribution is 6.03. The first-order chi connectivity index (χ1) is 10.6. The van der Waals surface area contributed by atoms with Crippen LogP contribution in [0.4, 0.5) is 0 Å². The van der Waals surface area contributed by atoms with Gasteiger partial charge >= 0.3 is 5.97 Å². The number of nitrogens with one attached hydrogen (secondary N) is 1. The SMILES string of the molecule is Cc1ccccc1COC(=O)c1cc(=O)[nH]c2ccccc12. The zero-order chi connectivity index (χ0) is 15.5. The van der Waals surface area contributed by atoms with Gasteiger partial charge in [-0.2, -0.15) is 0 Å². The number of rotatable bonds is 3. The van der Waals surface area contributed by atoms with Gasteiger partial charge in [-0.05, 0) is 24.1 Å². The molecule has 3 rings (SSSR count). The minimum atomic E-state index is -0.495. The van der Waals surface area contributed by atoms with Crippen LogP contribution >= 0.6 is 0 Å². The second kappa shape index (κ2) is 5.85. The average Bonchev–Trinajstić information content (AvgIpc) is 2.53. The van der Waals surface area contributed by atoms with Gasteiger partial charge in [0.25, 0.3) is 0 Å². The van der Waals surface area contributed by atoms with Crippen LogP contribution in [-0.2, 0) is 11.3 Å². The number of fused-ring (bicyclic) bond motifs is 1. The average molecular weight is 293 g/mol. The molecule has 3 aromatic rings. The van der Waals surface area contributed by atoms with Crippen LogP contribution in [0, 0.1) is 6.92 Å². The topological polar surface area (TPSA) is 59.2 Å². The van der Waals surface area contributed by atoms with Crippen LogP contribution in [0.1, 0.15) is 21.5 Å². The zero-order valence-corrected chi connectivity index (χ0v) is 12.1. The van der Waals surface area contributed by atoms with Crippen molar-refractivity contribution in [3.63, 3.8) is 0 Å². The van der Waals surface area contributed by atoms with Gasteiger partial charge in [0.05, 0.1) is 5.56 Å². The molecule has 4 nitrogen and oxygen atoms in total. The van der Waals surface area contributed by atoms with Crippen LogP contribution < -0.4 is 5.56 Å². The molecule has 0 bridgehead atoms. The fraction of sp³-hybridized carbons (Fsp3) is 0.111. The van der Waals surface area contributed by atoms with Crippen molar-refractivity contribution in [2.75, 3.05) is 0 Å². The second-order valence-electron chi connectivity index (χ2n) is 5.10. The summed E-state index contributed by atoms with van der Waals surface area (Å²) >= 11 is 0. The van der Waals surface area contributed by atoms with Crippen molar-refractivity contribution in [3.8, 4) is 0 Å². The second-order valence-corrected chi connectivity index (χ2v) is 5.10. The molecule has 0 unspecified atom stereocenters. The molecule has 0 aliphatic rings. The Hall–Kier alpha value is -2.88. The molecule has 1 heterocycles. The van der Waals surface area contributed by atoms with E-state index in [1.807, 2.05) is 37.3 Å². The third-order valence-corrected chi connectivity index (χ3v) is 3.59. The molecule has 4 heteroatoms. The minimum Gasteiger partial charge on any atom is -0.457 e. The number of hydrogen-bond acceptors (Lipinski definition) is 3. The van der Waals surface area contributed by atoms with Gasteiger partial charge < -0.3 is 9.72 Å². The Morgan fingerprint density at radius 2 is 1.82 bits per heavy atom. The number of esters is 1. The lowest BCUT2D eigenvalue weighted by Gasteiger charge is -2.09. The number of para-hydroxylation sites is 1. The predicted octanol–water partition coefficient (Wildman–Crippen LogP) is 3.19. The van der Waals surface area contributed by atoms with E-state index in [1.54, 1.807) is 18.2 Å². The third-order valence-electron chi connectivity index (χ3n) is 3.59. The van der Waals surface area contributed by atoms with Gasteiger partial charge in [-0.3, -0.25) is 4.79 Å². The smallest absolute Gasteiger partial charge is 0.339 e. The van der Waals surface area contributed by atoms with E-state index in [0.717, 1.165) is 11.1 Å². The van der Waals surface area contributed by atoms with Crippen LogP contribution in [0.3, 0.4) is 0 Å². The Balaban J connectivity index is 1.90. The first-order valence-electron chi connectivity index (χ1n) is 6.99. The number of pyridine rings is 1. The van der Waals surface area contributed by atoms with Crippen molar-refractivity contribution in [1.29, 1.82) is 0 Å². The third kappa shape index (κ3) is 2.76. The predicted molar refractivity (Wildman–Crippen MR) is 84.9 cm³/mol. The van der Waals surface area contributed by atoms with Crippen molar-refractivity contribution in [2.24, 2.45) is 0 Å². The Labute approximate surface area is 127 Å². The van der Waals surface area contributed by atoms with Gasteiger partial charge in [-0.25, -0.2) is 4.79 Å². The fourth-order valence-corrected chi connectivity index (χ4v) is 2.37. The van der Waals surface area contributed by atoms with E-state index in [2.05, 4.69) is 4.98 Å². The van der Waals surface area contributed by atoms with Crippen LogP contribution in [-0.4, -0.2) is 11.0 Å². The van der Waals surface area contributed by atoms with E-state index in [9.17, 15) is 9.59 Å². The normalized spacial score (nSPS) is 10.6. The molecule has 2 aromatic carbocycles. The Morgan fingerprint density at radius 3 is 2.64 bits per heavy atom. The summed E-state index contributed by atoms with van der Waals surface area (Å²) in [5.74, 6) is -0.495. The molecular formula is C18H15NO3. The van der Waals surface area contributed by atoms with Gasteiger partial charge in [-0.15, -0.1) is 0 Å². The molecule has 0 atom stereocenters. The van der Waals surface area contributed by atoms with E-state index in [0.29, 0.717) is 10.9 Å². The number of benzene rings is 2. The summed E-state index contributed by atoms with van der Waals surface area (Å²) in [5, 5.41) is 0.678. The molecule has 0 aliphatic carbocycles. The van der Waals surface area contributed by atoms with Gasteiger partial charge in [0, 0.05) is 17.0 Å². The first-order valence-corrected chi connectivity index (χ1v) is 6.99. The molecule has 110 valence electrons. The van der Waals surface area contributed by atoms with Gasteiger partial charge in [0.1, 0.15) is 6.61 Å². The molecule has 1 aromatic heterocycles. The van der Waals surface area contributed by atoms with Crippen molar-refractivity contribution >= 4 is 16.9 Å². The number of aryl methyl sites for hydroxylation is 1. The van der Waals surface area contributed by atoms with Crippen molar-refractivity contribution in [3.05, 3.63) is 81.6 Å². The summed E-state index contributed by atoms with van der Waals surface area (Å²) in [6, 6.07) is 16.2. The number of carbonyl (C=O) groups is 1. The summed E-state index contributed by atoms with van der Waals surface area (Å²) in [5.41, 5.74) is 2.60. The highest BCUT2D eigenvalue weighted by Gasteiger charge is 2.13. The van der Waals surface area contributed by atoms with E-state index >= 15 is 0 Å². The summed E-state index contributed by atoms with van der Waals surface area (Å²) in [4.78, 5) is 26.7. The number of carbonyl (C=O) groups excluding carboxylic acids is 1. The van der Waals surface area contributed by atoms with Gasteiger partial charge in [0.2, 0.25) is 5.56 Å². The quantitative estimate of drug-likeness (QED) is 0.754. The number of aromatic amines is 1. The number of aromatic nitrogens is 1. The van der Waals surface area contributed by atoms with Crippen molar-refractivity contribution in [2.45, 2.75) is 13.5 Å². The zero-order valence-electron chi connectivity index (χ0n) is 12.1. The molecule has 0 amide bonds. The van der Waals surface area contributed by atoms with Crippen LogP contribution in [0.5, 0.6) is 0 Å². The molecule has 0 spiro atoms. The molecule has 0 saturated heterocycles. The molecule has 1 N–H and O–H groups in total. The highest BCUT2D eigenvalue weighted by atomic mass is 16.5. The monoisotopic (exact) mass is 293 g/mol. The largest absolute Gasteiger partial charge is 0.457 e. The van der Waals surface area contributed by atoms with E-state index < -0.39 is 5.97 Å². The standard InChI is InChI=1S/C18H15NO3/c1-12-6-2-3-7-13(12)11-22-18(21)15-10-17(20)19-16-9-5-4-8-14(15)16/h2-10H,11H2,1H3,(H,19,20). The minimum absolute atomic E-state index is 0.187. The van der Waals surface area contributed by atoms with Gasteiger partial charge in [0.15, 0.2) is 0 Å². The van der Waals surface area contributed by atoms with Crippen LogP contribution in [0.25, 0.3) is 10.9 Å². The van der Waals surface area contributed by atoms with E-state index in [1.165, 1.54) is 6.07 Å². The van der Waals surface area contributed by atoms with Crippen LogP contribution in [0.15, 0.2) is 59.4 Å². The van der Waals surface area contributed by atoms with Gasteiger partial charge in [-0.1, -0.05) is 42.5 Å². The maximum atomic E-state index is 12.3. The summed E-state index contributed by atoms with van der Waals surface area (Å²) < 4.78 is 5.37. The fourth-order valence-electron chi connectivity index (χ4n) is 2.37. The number of H-pyrrole nitrogens is 1. The highest BCUT2D eigenvalue weighted by Crippen LogP contribution is 2.16. The lowest BCUT2D eigenvalue weighted by molar-refractivity contribution is 0.0474. The van der Waals surface area contributed by atoms with E-state index in [4.69, 9.17) is 4.74 Å². The summed E-state index contributed by atoms with van der Waals surface area (Å²) in [6.45, 7) is 2.15. The molecular weight excluding hydrogens is 278 g/mol. The maximum Gasteiger partial charge on any atom is 0.339 e. The molecule has 0 fully saturated rings. The van der Waals surface area contributed by atoms with Crippen LogP contribution in [0.2, 0.25) is 0 Å². The number of ether oxygens (including phenoxy) is 1. The lowest BCUT2D eigenvalue weighted by atomic mass is 10.1. The Kier molecular flexibility index (Phi) is 3.74. The van der Waals surface area contributed by atoms with Crippen molar-refractivity contribution in [1.82, 2.24) is 4.98 Å². The first kappa shape index (κ1) is 14.1. The molecule has 0 radical (unpaired) electrons. The molecule has 22 heavy (non-hydrogen) atoms. The Bertz CT molecular complexity index is 896. The lowest BCUT2D eigenvalue weighted by Crippen LogP contribution is -2.13. The van der Waals surface area contributed by atoms with Crippen molar-refractivity contribution < 1.29 is 9.53 Å². The van der Waals surface area contributed by atoms with E-state index in [-0.39, 0.29) is 17.7 Å². The molecule has 0 aliphatic heterocycles. The summed E-state index contributed by atoms with van der Waals surface area (Å²) in [6.07, 6.45) is 0. The molecule has 0 saturated carbocycles. The summed E-state index contributed by atoms with van der Waals surface area (Å²) in [7, 11) is 0. The Morgan fingerprint density at radius 1 is 1.09 bits per heavy atom.